The Labute approximate surface area is 145 Å². The molecule has 0 spiro atoms. The third-order valence-electron chi connectivity index (χ3n) is 4.16. The average Bonchev–Trinajstić information content (AvgIpc) is 2.84. The fourth-order valence-electron chi connectivity index (χ4n) is 2.55. The summed E-state index contributed by atoms with van der Waals surface area (Å²) in [6, 6.07) is 11.8. The molecular weight excluding hydrogens is 320 g/mol. The Bertz CT molecular complexity index is 965. The van der Waals surface area contributed by atoms with Crippen molar-refractivity contribution < 1.29 is 9.53 Å². The van der Waals surface area contributed by atoms with Crippen LogP contribution in [-0.4, -0.2) is 17.6 Å². The van der Waals surface area contributed by atoms with Crippen LogP contribution in [0.3, 0.4) is 0 Å². The zero-order valence-corrected chi connectivity index (χ0v) is 15.1. The molecule has 0 bridgehead atoms. The molecule has 0 N–H and O–H groups in total. The second-order valence-corrected chi connectivity index (χ2v) is 6.89. The van der Waals surface area contributed by atoms with Gasteiger partial charge in [-0.05, 0) is 54.8 Å². The van der Waals surface area contributed by atoms with Crippen LogP contribution in [0.4, 0.5) is 0 Å². The van der Waals surface area contributed by atoms with Gasteiger partial charge in [0.2, 0.25) is 0 Å². The highest BCUT2D eigenvalue weighted by Crippen LogP contribution is 2.21. The van der Waals surface area contributed by atoms with Gasteiger partial charge in [0, 0.05) is 7.05 Å². The summed E-state index contributed by atoms with van der Waals surface area (Å²) < 4.78 is 8.26. The van der Waals surface area contributed by atoms with Gasteiger partial charge in [0.1, 0.15) is 5.75 Å². The van der Waals surface area contributed by atoms with E-state index in [4.69, 9.17) is 4.74 Å². The normalized spacial score (nSPS) is 11.9. The van der Waals surface area contributed by atoms with Crippen molar-refractivity contribution >= 4 is 27.5 Å². The third kappa shape index (κ3) is 3.26. The highest BCUT2D eigenvalue weighted by atomic mass is 32.1. The molecule has 0 aliphatic rings. The second kappa shape index (κ2) is 6.61. The summed E-state index contributed by atoms with van der Waals surface area (Å²) in [5, 5.41) is 0. The molecule has 0 aliphatic carbocycles. The Morgan fingerprint density at radius 2 is 1.83 bits per heavy atom. The zero-order chi connectivity index (χ0) is 17.3. The predicted molar refractivity (Wildman–Crippen MR) is 97.5 cm³/mol. The number of aryl methyl sites for hydroxylation is 3. The van der Waals surface area contributed by atoms with Crippen LogP contribution in [0.15, 0.2) is 41.4 Å². The maximum absolute atomic E-state index is 12.3. The van der Waals surface area contributed by atoms with Gasteiger partial charge in [-0.15, -0.1) is 0 Å². The largest absolute Gasteiger partial charge is 0.497 e. The van der Waals surface area contributed by atoms with Crippen LogP contribution < -0.4 is 9.54 Å². The summed E-state index contributed by atoms with van der Waals surface area (Å²) in [5.74, 6) is 0.639. The lowest BCUT2D eigenvalue weighted by atomic mass is 10.1. The number of hydrogen-bond donors (Lipinski definition) is 0. The van der Waals surface area contributed by atoms with E-state index in [1.54, 1.807) is 18.4 Å². The molecule has 0 fully saturated rings. The summed E-state index contributed by atoms with van der Waals surface area (Å²) in [7, 11) is 3.58. The van der Waals surface area contributed by atoms with E-state index in [1.807, 2.05) is 35.9 Å². The summed E-state index contributed by atoms with van der Waals surface area (Å²) in [4.78, 5) is 17.3. The predicted octanol–water partition coefficient (Wildman–Crippen LogP) is 3.54. The molecule has 4 nitrogen and oxygen atoms in total. The van der Waals surface area contributed by atoms with Crippen molar-refractivity contribution in [2.75, 3.05) is 7.11 Å². The number of hydrogen-bond acceptors (Lipinski definition) is 3. The molecule has 3 aromatic rings. The molecule has 0 radical (unpaired) electrons. The number of carbonyl (C=O) groups excluding carboxylic acids is 1. The number of carbonyl (C=O) groups is 1. The van der Waals surface area contributed by atoms with Crippen LogP contribution in [0.2, 0.25) is 0 Å². The van der Waals surface area contributed by atoms with E-state index in [-0.39, 0.29) is 12.3 Å². The van der Waals surface area contributed by atoms with Crippen molar-refractivity contribution in [2.24, 2.45) is 12.0 Å². The number of fused-ring (bicyclic) bond motifs is 1. The van der Waals surface area contributed by atoms with Crippen molar-refractivity contribution in [3.8, 4) is 5.75 Å². The number of methoxy groups -OCH3 is 1. The molecule has 0 unspecified atom stereocenters. The lowest BCUT2D eigenvalue weighted by Crippen LogP contribution is -2.14. The third-order valence-corrected chi connectivity index (χ3v) is 5.25. The van der Waals surface area contributed by atoms with Crippen molar-refractivity contribution in [2.45, 2.75) is 20.3 Å². The fraction of sp³-hybridized carbons (Fsp3) is 0.263. The lowest BCUT2D eigenvalue weighted by Gasteiger charge is -2.01. The molecule has 124 valence electrons. The number of benzene rings is 2. The highest BCUT2D eigenvalue weighted by molar-refractivity contribution is 7.16. The van der Waals surface area contributed by atoms with Crippen LogP contribution in [0.1, 0.15) is 16.7 Å². The Kier molecular flexibility index (Phi) is 4.53. The van der Waals surface area contributed by atoms with Crippen LogP contribution >= 0.6 is 11.3 Å². The molecule has 0 saturated carbocycles. The Hall–Kier alpha value is -2.40. The SMILES string of the molecule is COc1ccc(CC(=O)N=c2sc3cc(C)c(C)cc3n2C)cc1. The maximum atomic E-state index is 12.3. The minimum Gasteiger partial charge on any atom is -0.497 e. The van der Waals surface area contributed by atoms with Gasteiger partial charge < -0.3 is 9.30 Å². The summed E-state index contributed by atoms with van der Waals surface area (Å²) in [5.41, 5.74) is 4.53. The first-order valence-electron chi connectivity index (χ1n) is 7.75. The molecule has 3 rings (SSSR count). The van der Waals surface area contributed by atoms with Crippen molar-refractivity contribution in [3.05, 3.63) is 57.9 Å². The quantitative estimate of drug-likeness (QED) is 0.732. The lowest BCUT2D eigenvalue weighted by molar-refractivity contribution is -0.117. The van der Waals surface area contributed by atoms with Gasteiger partial charge in [-0.25, -0.2) is 0 Å². The Morgan fingerprint density at radius 3 is 2.50 bits per heavy atom. The number of thiazole rings is 1. The van der Waals surface area contributed by atoms with Gasteiger partial charge in [-0.3, -0.25) is 4.79 Å². The number of aromatic nitrogens is 1. The standard InChI is InChI=1S/C19H20N2O2S/c1-12-9-16-17(10-13(12)2)24-19(21(16)3)20-18(22)11-14-5-7-15(23-4)8-6-14/h5-10H,11H2,1-4H3. The number of ether oxygens (including phenoxy) is 1. The van der Waals surface area contributed by atoms with E-state index in [1.165, 1.54) is 11.1 Å². The molecule has 1 aromatic heterocycles. The number of amides is 1. The summed E-state index contributed by atoms with van der Waals surface area (Å²) in [6.07, 6.45) is 0.288. The molecule has 1 heterocycles. The van der Waals surface area contributed by atoms with Gasteiger partial charge in [-0.1, -0.05) is 23.5 Å². The maximum Gasteiger partial charge on any atom is 0.252 e. The first kappa shape index (κ1) is 16.5. The van der Waals surface area contributed by atoms with Gasteiger partial charge in [0.15, 0.2) is 4.80 Å². The van der Waals surface area contributed by atoms with Crippen LogP contribution in [0.5, 0.6) is 5.75 Å². The van der Waals surface area contributed by atoms with Crippen LogP contribution in [-0.2, 0) is 18.3 Å². The van der Waals surface area contributed by atoms with E-state index in [0.29, 0.717) is 0 Å². The summed E-state index contributed by atoms with van der Waals surface area (Å²) in [6.45, 7) is 4.19. The van der Waals surface area contributed by atoms with Gasteiger partial charge in [-0.2, -0.15) is 4.99 Å². The molecular formula is C19H20N2O2S. The molecule has 2 aromatic carbocycles. The molecule has 0 aliphatic heterocycles. The first-order valence-corrected chi connectivity index (χ1v) is 8.57. The number of rotatable bonds is 3. The van der Waals surface area contributed by atoms with E-state index < -0.39 is 0 Å². The van der Waals surface area contributed by atoms with E-state index in [0.717, 1.165) is 26.3 Å². The van der Waals surface area contributed by atoms with Gasteiger partial charge in [0.25, 0.3) is 5.91 Å². The van der Waals surface area contributed by atoms with Crippen LogP contribution in [0.25, 0.3) is 10.2 Å². The van der Waals surface area contributed by atoms with E-state index in [9.17, 15) is 4.79 Å². The fourth-order valence-corrected chi connectivity index (χ4v) is 3.67. The molecule has 24 heavy (non-hydrogen) atoms. The van der Waals surface area contributed by atoms with E-state index in [2.05, 4.69) is 31.0 Å². The minimum absolute atomic E-state index is 0.143. The monoisotopic (exact) mass is 340 g/mol. The number of nitrogens with zero attached hydrogens (tertiary/aromatic N) is 2. The average molecular weight is 340 g/mol. The smallest absolute Gasteiger partial charge is 0.252 e. The Morgan fingerprint density at radius 1 is 1.17 bits per heavy atom. The van der Waals surface area contributed by atoms with Crippen molar-refractivity contribution in [3.63, 3.8) is 0 Å². The van der Waals surface area contributed by atoms with Gasteiger partial charge >= 0.3 is 0 Å². The van der Waals surface area contributed by atoms with E-state index >= 15 is 0 Å². The zero-order valence-electron chi connectivity index (χ0n) is 14.3. The van der Waals surface area contributed by atoms with Gasteiger partial charge in [0.05, 0.1) is 23.7 Å². The summed E-state index contributed by atoms with van der Waals surface area (Å²) >= 11 is 1.55. The minimum atomic E-state index is -0.143. The molecule has 0 saturated heterocycles. The first-order chi connectivity index (χ1) is 11.5. The topological polar surface area (TPSA) is 43.6 Å². The van der Waals surface area contributed by atoms with Crippen LogP contribution in [0, 0.1) is 13.8 Å². The van der Waals surface area contributed by atoms with Crippen molar-refractivity contribution in [1.29, 1.82) is 0 Å². The van der Waals surface area contributed by atoms with Crippen molar-refractivity contribution in [1.82, 2.24) is 4.57 Å². The highest BCUT2D eigenvalue weighted by Gasteiger charge is 2.08. The molecule has 5 heteroatoms. The Balaban J connectivity index is 1.91. The molecule has 1 amide bonds. The second-order valence-electron chi connectivity index (χ2n) is 5.88. The molecule has 0 atom stereocenters.